The third-order valence-electron chi connectivity index (χ3n) is 3.26. The monoisotopic (exact) mass is 233 g/mol. The molecule has 1 fully saturated rings. The lowest BCUT2D eigenvalue weighted by Gasteiger charge is -2.13. The van der Waals surface area contributed by atoms with Gasteiger partial charge in [-0.05, 0) is 57.2 Å². The molecule has 1 aliphatic carbocycles. The number of aryl methyl sites for hydroxylation is 3. The number of ether oxygens (including phenoxy) is 1. The summed E-state index contributed by atoms with van der Waals surface area (Å²) in [6.07, 6.45) is 2.81. The van der Waals surface area contributed by atoms with E-state index in [1.807, 2.05) is 0 Å². The third kappa shape index (κ3) is 3.74. The Balaban J connectivity index is 1.77. The first kappa shape index (κ1) is 12.4. The minimum atomic E-state index is 0.761. The maximum absolute atomic E-state index is 5.86. The summed E-state index contributed by atoms with van der Waals surface area (Å²) in [4.78, 5) is 0. The zero-order chi connectivity index (χ0) is 12.3. The van der Waals surface area contributed by atoms with Crippen molar-refractivity contribution in [3.05, 3.63) is 28.8 Å². The molecule has 2 heteroatoms. The van der Waals surface area contributed by atoms with Crippen LogP contribution in [0.1, 0.15) is 29.5 Å². The van der Waals surface area contributed by atoms with E-state index in [1.54, 1.807) is 0 Å². The van der Waals surface area contributed by atoms with Crippen molar-refractivity contribution in [3.63, 3.8) is 0 Å². The Bertz CT molecular complexity index is 360. The van der Waals surface area contributed by atoms with Crippen molar-refractivity contribution in [2.45, 2.75) is 33.6 Å². The second-order valence-electron chi connectivity index (χ2n) is 5.22. The average Bonchev–Trinajstić information content (AvgIpc) is 3.04. The molecule has 0 amide bonds. The van der Waals surface area contributed by atoms with Crippen LogP contribution < -0.4 is 10.1 Å². The van der Waals surface area contributed by atoms with Crippen LogP contribution in [-0.4, -0.2) is 19.7 Å². The molecule has 1 N–H and O–H groups in total. The van der Waals surface area contributed by atoms with Crippen LogP contribution in [0.2, 0.25) is 0 Å². The van der Waals surface area contributed by atoms with E-state index in [4.69, 9.17) is 4.74 Å². The summed E-state index contributed by atoms with van der Waals surface area (Å²) in [5.41, 5.74) is 3.79. The van der Waals surface area contributed by atoms with Gasteiger partial charge in [0.15, 0.2) is 0 Å². The molecule has 0 heterocycles. The summed E-state index contributed by atoms with van der Waals surface area (Å²) in [7, 11) is 0. The van der Waals surface area contributed by atoms with Crippen LogP contribution in [0, 0.1) is 26.7 Å². The molecule has 17 heavy (non-hydrogen) atoms. The molecule has 1 aromatic carbocycles. The van der Waals surface area contributed by atoms with Gasteiger partial charge < -0.3 is 10.1 Å². The van der Waals surface area contributed by atoms with Gasteiger partial charge in [-0.15, -0.1) is 0 Å². The fourth-order valence-corrected chi connectivity index (χ4v) is 2.25. The van der Waals surface area contributed by atoms with Gasteiger partial charge in [-0.3, -0.25) is 0 Å². The van der Waals surface area contributed by atoms with E-state index < -0.39 is 0 Å². The van der Waals surface area contributed by atoms with Crippen LogP contribution in [0.25, 0.3) is 0 Å². The zero-order valence-electron chi connectivity index (χ0n) is 11.2. The molecule has 0 aromatic heterocycles. The summed E-state index contributed by atoms with van der Waals surface area (Å²) in [6.45, 7) is 9.23. The number of nitrogens with one attached hydrogen (secondary N) is 1. The van der Waals surface area contributed by atoms with Crippen LogP contribution in [0.4, 0.5) is 0 Å². The Kier molecular flexibility index (Phi) is 4.06. The minimum Gasteiger partial charge on any atom is -0.492 e. The van der Waals surface area contributed by atoms with Crippen LogP contribution >= 0.6 is 0 Å². The van der Waals surface area contributed by atoms with Crippen molar-refractivity contribution in [1.82, 2.24) is 5.32 Å². The van der Waals surface area contributed by atoms with E-state index >= 15 is 0 Å². The Morgan fingerprint density at radius 3 is 2.41 bits per heavy atom. The molecule has 0 aliphatic heterocycles. The van der Waals surface area contributed by atoms with E-state index in [0.717, 1.165) is 31.4 Å². The highest BCUT2D eigenvalue weighted by Crippen LogP contribution is 2.27. The van der Waals surface area contributed by atoms with Crippen molar-refractivity contribution < 1.29 is 4.74 Å². The topological polar surface area (TPSA) is 21.3 Å². The van der Waals surface area contributed by atoms with Crippen molar-refractivity contribution in [1.29, 1.82) is 0 Å². The first-order chi connectivity index (χ1) is 8.16. The standard InChI is InChI=1S/C15H23NO/c1-11-8-12(2)15(13(3)9-11)17-7-6-16-10-14-4-5-14/h8-9,14,16H,4-7,10H2,1-3H3. The largest absolute Gasteiger partial charge is 0.492 e. The molecule has 0 bridgehead atoms. The van der Waals surface area contributed by atoms with Gasteiger partial charge in [0.25, 0.3) is 0 Å². The fourth-order valence-electron chi connectivity index (χ4n) is 2.25. The number of hydrogen-bond donors (Lipinski definition) is 1. The molecule has 2 rings (SSSR count). The zero-order valence-corrected chi connectivity index (χ0v) is 11.2. The van der Waals surface area contributed by atoms with Crippen molar-refractivity contribution in [2.24, 2.45) is 5.92 Å². The summed E-state index contributed by atoms with van der Waals surface area (Å²) in [6, 6.07) is 4.36. The number of rotatable bonds is 6. The minimum absolute atomic E-state index is 0.761. The molecule has 1 saturated carbocycles. The van der Waals surface area contributed by atoms with E-state index in [-0.39, 0.29) is 0 Å². The number of benzene rings is 1. The summed E-state index contributed by atoms with van der Waals surface area (Å²) in [5.74, 6) is 2.00. The van der Waals surface area contributed by atoms with Gasteiger partial charge in [-0.1, -0.05) is 17.7 Å². The first-order valence-electron chi connectivity index (χ1n) is 6.58. The SMILES string of the molecule is Cc1cc(C)c(OCCNCC2CC2)c(C)c1. The van der Waals surface area contributed by atoms with Gasteiger partial charge >= 0.3 is 0 Å². The highest BCUT2D eigenvalue weighted by molar-refractivity contribution is 5.42. The molecule has 0 saturated heterocycles. The highest BCUT2D eigenvalue weighted by Gasteiger charge is 2.19. The van der Waals surface area contributed by atoms with Gasteiger partial charge in [0.05, 0.1) is 0 Å². The van der Waals surface area contributed by atoms with Crippen LogP contribution in [0.15, 0.2) is 12.1 Å². The van der Waals surface area contributed by atoms with Crippen LogP contribution in [0.5, 0.6) is 5.75 Å². The molecular formula is C15H23NO. The van der Waals surface area contributed by atoms with Gasteiger partial charge in [-0.25, -0.2) is 0 Å². The Morgan fingerprint density at radius 1 is 1.18 bits per heavy atom. The fraction of sp³-hybridized carbons (Fsp3) is 0.600. The predicted molar refractivity (Wildman–Crippen MR) is 71.7 cm³/mol. The van der Waals surface area contributed by atoms with Crippen molar-refractivity contribution in [3.8, 4) is 5.75 Å². The van der Waals surface area contributed by atoms with E-state index in [0.29, 0.717) is 0 Å². The van der Waals surface area contributed by atoms with Crippen LogP contribution in [-0.2, 0) is 0 Å². The lowest BCUT2D eigenvalue weighted by molar-refractivity contribution is 0.309. The van der Waals surface area contributed by atoms with Gasteiger partial charge in [0.2, 0.25) is 0 Å². The predicted octanol–water partition coefficient (Wildman–Crippen LogP) is 2.99. The third-order valence-corrected chi connectivity index (χ3v) is 3.26. The Hall–Kier alpha value is -1.02. The molecule has 0 atom stereocenters. The second kappa shape index (κ2) is 5.54. The van der Waals surface area contributed by atoms with E-state index in [2.05, 4.69) is 38.2 Å². The van der Waals surface area contributed by atoms with Crippen LogP contribution in [0.3, 0.4) is 0 Å². The summed E-state index contributed by atoms with van der Waals surface area (Å²) >= 11 is 0. The Morgan fingerprint density at radius 2 is 1.82 bits per heavy atom. The van der Waals surface area contributed by atoms with E-state index in [1.165, 1.54) is 29.5 Å². The van der Waals surface area contributed by atoms with Gasteiger partial charge in [-0.2, -0.15) is 0 Å². The van der Waals surface area contributed by atoms with Crippen molar-refractivity contribution >= 4 is 0 Å². The lowest BCUT2D eigenvalue weighted by Crippen LogP contribution is -2.23. The smallest absolute Gasteiger partial charge is 0.125 e. The number of hydrogen-bond acceptors (Lipinski definition) is 2. The Labute approximate surface area is 104 Å². The molecule has 0 unspecified atom stereocenters. The van der Waals surface area contributed by atoms with Crippen molar-refractivity contribution in [2.75, 3.05) is 19.7 Å². The highest BCUT2D eigenvalue weighted by atomic mass is 16.5. The molecule has 1 aromatic rings. The molecular weight excluding hydrogens is 210 g/mol. The summed E-state index contributed by atoms with van der Waals surface area (Å²) < 4.78 is 5.86. The molecule has 94 valence electrons. The lowest BCUT2D eigenvalue weighted by atomic mass is 10.1. The van der Waals surface area contributed by atoms with Gasteiger partial charge in [0.1, 0.15) is 12.4 Å². The van der Waals surface area contributed by atoms with E-state index in [9.17, 15) is 0 Å². The molecule has 1 aliphatic rings. The van der Waals surface area contributed by atoms with Gasteiger partial charge in [0, 0.05) is 6.54 Å². The molecule has 2 nitrogen and oxygen atoms in total. The first-order valence-corrected chi connectivity index (χ1v) is 6.58. The normalized spacial score (nSPS) is 15.0. The second-order valence-corrected chi connectivity index (χ2v) is 5.22. The maximum atomic E-state index is 5.86. The quantitative estimate of drug-likeness (QED) is 0.763. The summed E-state index contributed by atoms with van der Waals surface area (Å²) in [5, 5.41) is 3.44. The molecule has 0 spiro atoms. The average molecular weight is 233 g/mol. The maximum Gasteiger partial charge on any atom is 0.125 e. The molecule has 0 radical (unpaired) electrons.